The van der Waals surface area contributed by atoms with Gasteiger partial charge in [0.25, 0.3) is 11.8 Å². The van der Waals surface area contributed by atoms with E-state index in [4.69, 9.17) is 14.6 Å². The Kier molecular flexibility index (Phi) is 6.18. The topological polar surface area (TPSA) is 71.4 Å². The van der Waals surface area contributed by atoms with Crippen molar-refractivity contribution in [3.05, 3.63) is 94.3 Å². The molecule has 0 fully saturated rings. The molecule has 2 amide bonds. The van der Waals surface area contributed by atoms with Crippen LogP contribution in [0.4, 0.5) is 4.39 Å². The lowest BCUT2D eigenvalue weighted by atomic mass is 9.96. The van der Waals surface area contributed by atoms with E-state index in [1.807, 2.05) is 44.2 Å². The molecule has 0 unspecified atom stereocenters. The Balaban J connectivity index is 1.44. The summed E-state index contributed by atoms with van der Waals surface area (Å²) in [6.45, 7) is 3.98. The van der Waals surface area contributed by atoms with E-state index in [0.717, 1.165) is 22.4 Å². The molecular weight excluding hydrogens is 461 g/mol. The van der Waals surface area contributed by atoms with Crippen molar-refractivity contribution in [2.75, 3.05) is 20.4 Å². The number of halogens is 1. The first-order valence-corrected chi connectivity index (χ1v) is 11.7. The highest BCUT2D eigenvalue weighted by Gasteiger charge is 2.35. The van der Waals surface area contributed by atoms with Gasteiger partial charge in [0.05, 0.1) is 17.3 Å². The number of aryl methyl sites for hydroxylation is 2. The highest BCUT2D eigenvalue weighted by atomic mass is 19.1. The fraction of sp³-hybridized carbons (Fsp3) is 0.250. The number of rotatable bonds is 5. The second-order valence-corrected chi connectivity index (χ2v) is 9.06. The van der Waals surface area contributed by atoms with Gasteiger partial charge < -0.3 is 14.4 Å². The van der Waals surface area contributed by atoms with Crippen LogP contribution in [-0.2, 0) is 4.79 Å². The molecule has 0 spiro atoms. The van der Waals surface area contributed by atoms with Crippen molar-refractivity contribution < 1.29 is 23.5 Å². The van der Waals surface area contributed by atoms with E-state index in [0.29, 0.717) is 17.9 Å². The molecule has 0 saturated heterocycles. The zero-order chi connectivity index (χ0) is 25.4. The van der Waals surface area contributed by atoms with E-state index in [1.54, 1.807) is 6.07 Å². The summed E-state index contributed by atoms with van der Waals surface area (Å²) in [5.74, 6) is -0.301. The maximum Gasteiger partial charge on any atom is 0.262 e. The predicted octanol–water partition coefficient (Wildman–Crippen LogP) is 4.62. The second-order valence-electron chi connectivity index (χ2n) is 9.06. The summed E-state index contributed by atoms with van der Waals surface area (Å²) in [5.41, 5.74) is 4.78. The molecule has 7 nitrogen and oxygen atoms in total. The average molecular weight is 488 g/mol. The number of benzene rings is 3. The first-order valence-electron chi connectivity index (χ1n) is 11.7. The first-order chi connectivity index (χ1) is 17.3. The molecule has 5 rings (SSSR count). The molecule has 36 heavy (non-hydrogen) atoms. The van der Waals surface area contributed by atoms with Crippen molar-refractivity contribution in [3.63, 3.8) is 0 Å². The highest BCUT2D eigenvalue weighted by molar-refractivity contribution is 6.04. The number of carbonyl (C=O) groups is 2. The van der Waals surface area contributed by atoms with Crippen molar-refractivity contribution >= 4 is 17.5 Å². The molecule has 3 aromatic rings. The van der Waals surface area contributed by atoms with Crippen LogP contribution in [0.3, 0.4) is 0 Å². The fourth-order valence-corrected chi connectivity index (χ4v) is 4.40. The summed E-state index contributed by atoms with van der Waals surface area (Å²) in [5, 5.41) is 6.12. The molecule has 3 aromatic carbocycles. The van der Waals surface area contributed by atoms with Gasteiger partial charge in [-0.2, -0.15) is 5.10 Å². The zero-order valence-corrected chi connectivity index (χ0v) is 20.3. The molecular formula is C28H26FN3O4. The molecule has 2 aliphatic heterocycles. The van der Waals surface area contributed by atoms with Gasteiger partial charge >= 0.3 is 0 Å². The lowest BCUT2D eigenvalue weighted by Crippen LogP contribution is -2.39. The van der Waals surface area contributed by atoms with Gasteiger partial charge in [-0.25, -0.2) is 9.40 Å². The van der Waals surface area contributed by atoms with Crippen molar-refractivity contribution in [2.24, 2.45) is 5.10 Å². The van der Waals surface area contributed by atoms with Gasteiger partial charge in [0.15, 0.2) is 11.5 Å². The van der Waals surface area contributed by atoms with Crippen LogP contribution < -0.4 is 9.47 Å². The van der Waals surface area contributed by atoms with E-state index in [1.165, 1.54) is 40.7 Å². The number of hydrazone groups is 1. The third kappa shape index (κ3) is 4.42. The number of nitrogens with zero attached hydrogens (tertiary/aromatic N) is 3. The third-order valence-electron chi connectivity index (χ3n) is 6.61. The molecule has 0 aromatic heterocycles. The number of amides is 2. The maximum atomic E-state index is 14.1. The summed E-state index contributed by atoms with van der Waals surface area (Å²) in [7, 11) is 1.48. The smallest absolute Gasteiger partial charge is 0.262 e. The van der Waals surface area contributed by atoms with Crippen LogP contribution in [0.25, 0.3) is 0 Å². The van der Waals surface area contributed by atoms with Gasteiger partial charge in [-0.15, -0.1) is 0 Å². The van der Waals surface area contributed by atoms with Crippen molar-refractivity contribution in [3.8, 4) is 11.5 Å². The lowest BCUT2D eigenvalue weighted by molar-refractivity contribution is -0.133. The Morgan fingerprint density at radius 2 is 1.81 bits per heavy atom. The molecule has 0 N–H and O–H groups in total. The molecule has 184 valence electrons. The average Bonchev–Trinajstić information content (AvgIpc) is 3.52. The minimum atomic E-state index is -0.628. The molecule has 8 heteroatoms. The highest BCUT2D eigenvalue weighted by Crippen LogP contribution is 2.39. The Morgan fingerprint density at radius 3 is 2.58 bits per heavy atom. The molecule has 0 bridgehead atoms. The van der Waals surface area contributed by atoms with E-state index < -0.39 is 11.7 Å². The molecule has 1 atom stereocenters. The summed E-state index contributed by atoms with van der Waals surface area (Å²) in [4.78, 5) is 27.5. The minimum Gasteiger partial charge on any atom is -0.454 e. The first kappa shape index (κ1) is 23.5. The van der Waals surface area contributed by atoms with Crippen molar-refractivity contribution in [1.29, 1.82) is 0 Å². The molecule has 0 saturated carbocycles. The van der Waals surface area contributed by atoms with Gasteiger partial charge in [-0.05, 0) is 66.4 Å². The van der Waals surface area contributed by atoms with Crippen LogP contribution in [0, 0.1) is 19.7 Å². The van der Waals surface area contributed by atoms with Gasteiger partial charge in [-0.3, -0.25) is 9.59 Å². The monoisotopic (exact) mass is 487 g/mol. The maximum absolute atomic E-state index is 14.1. The van der Waals surface area contributed by atoms with Gasteiger partial charge in [0, 0.05) is 13.5 Å². The number of fused-ring (bicyclic) bond motifs is 1. The predicted molar refractivity (Wildman–Crippen MR) is 133 cm³/mol. The Morgan fingerprint density at radius 1 is 1.03 bits per heavy atom. The van der Waals surface area contributed by atoms with Crippen LogP contribution in [0.2, 0.25) is 0 Å². The molecule has 2 heterocycles. The number of likely N-dealkylation sites (N-methyl/N-ethyl adjacent to an activating group) is 1. The Labute approximate surface area is 208 Å². The fourth-order valence-electron chi connectivity index (χ4n) is 4.40. The Bertz CT molecular complexity index is 1390. The van der Waals surface area contributed by atoms with Crippen LogP contribution in [-0.4, -0.2) is 47.8 Å². The standard InChI is InChI=1S/C28H26FN3O4/c1-17-8-9-19(12-18(17)2)23-14-24(20-10-11-25-26(13-20)36-16-35-25)32(30-23)27(33)15-31(3)28(34)21-6-4-5-7-22(21)29/h4-13,24H,14-16H2,1-3H3/t24-/m0/s1. The minimum absolute atomic E-state index is 0.0825. The summed E-state index contributed by atoms with van der Waals surface area (Å²) < 4.78 is 25.1. The third-order valence-corrected chi connectivity index (χ3v) is 6.61. The van der Waals surface area contributed by atoms with Gasteiger partial charge in [0.2, 0.25) is 6.79 Å². The number of carbonyl (C=O) groups excluding carboxylic acids is 2. The summed E-state index contributed by atoms with van der Waals surface area (Å²) in [6.07, 6.45) is 0.499. The SMILES string of the molecule is Cc1ccc(C2=NN(C(=O)CN(C)C(=O)c3ccccc3F)[C@H](c3ccc4c(c3)OCO4)C2)cc1C. The summed E-state index contributed by atoms with van der Waals surface area (Å²) >= 11 is 0. The van der Waals surface area contributed by atoms with Crippen molar-refractivity contribution in [1.82, 2.24) is 9.91 Å². The number of hydrogen-bond acceptors (Lipinski definition) is 5. The van der Waals surface area contributed by atoms with Gasteiger partial charge in [0.1, 0.15) is 12.4 Å². The normalized spacial score (nSPS) is 16.2. The molecule has 2 aliphatic rings. The van der Waals surface area contributed by atoms with E-state index in [9.17, 15) is 14.0 Å². The van der Waals surface area contributed by atoms with Crippen LogP contribution in [0.1, 0.15) is 45.1 Å². The number of ether oxygens (including phenoxy) is 2. The second kappa shape index (κ2) is 9.45. The van der Waals surface area contributed by atoms with Crippen LogP contribution >= 0.6 is 0 Å². The van der Waals surface area contributed by atoms with Crippen LogP contribution in [0.5, 0.6) is 11.5 Å². The van der Waals surface area contributed by atoms with Crippen LogP contribution in [0.15, 0.2) is 65.8 Å². The Hall–Kier alpha value is -4.20. The lowest BCUT2D eigenvalue weighted by Gasteiger charge is -2.25. The van der Waals surface area contributed by atoms with Crippen molar-refractivity contribution in [2.45, 2.75) is 26.3 Å². The van der Waals surface area contributed by atoms with E-state index in [2.05, 4.69) is 6.07 Å². The van der Waals surface area contributed by atoms with Gasteiger partial charge in [-0.1, -0.05) is 30.3 Å². The summed E-state index contributed by atoms with van der Waals surface area (Å²) in [6, 6.07) is 17.0. The largest absolute Gasteiger partial charge is 0.454 e. The van der Waals surface area contributed by atoms with E-state index >= 15 is 0 Å². The molecule has 0 radical (unpaired) electrons. The molecule has 0 aliphatic carbocycles. The quantitative estimate of drug-likeness (QED) is 0.527. The number of hydrogen-bond donors (Lipinski definition) is 0. The van der Waals surface area contributed by atoms with E-state index in [-0.39, 0.29) is 30.9 Å². The zero-order valence-electron chi connectivity index (χ0n) is 20.3.